The zero-order valence-electron chi connectivity index (χ0n) is 12.4. The molecule has 6 nitrogen and oxygen atoms in total. The third-order valence-corrected chi connectivity index (χ3v) is 3.84. The summed E-state index contributed by atoms with van der Waals surface area (Å²) in [6, 6.07) is 5.96. The van der Waals surface area contributed by atoms with Gasteiger partial charge in [-0.1, -0.05) is 10.3 Å². The van der Waals surface area contributed by atoms with Crippen molar-refractivity contribution >= 4 is 0 Å². The van der Waals surface area contributed by atoms with Crippen molar-refractivity contribution < 1.29 is 13.8 Å². The van der Waals surface area contributed by atoms with Gasteiger partial charge in [0.25, 0.3) is 5.89 Å². The molecule has 1 aliphatic rings. The van der Waals surface area contributed by atoms with Crippen LogP contribution in [0.1, 0.15) is 23.4 Å². The van der Waals surface area contributed by atoms with E-state index in [2.05, 4.69) is 21.4 Å². The maximum atomic E-state index is 5.62. The number of rotatable bonds is 2. The van der Waals surface area contributed by atoms with Crippen molar-refractivity contribution in [3.8, 4) is 28.6 Å². The average Bonchev–Trinajstić information content (AvgIpc) is 3.14. The zero-order chi connectivity index (χ0) is 15.1. The number of nitrogens with zero attached hydrogens (tertiary/aromatic N) is 3. The summed E-state index contributed by atoms with van der Waals surface area (Å²) in [6.45, 7) is 4.47. The normalized spacial score (nSPS) is 13.7. The van der Waals surface area contributed by atoms with Gasteiger partial charge in [0.1, 0.15) is 11.5 Å². The fourth-order valence-corrected chi connectivity index (χ4v) is 2.74. The van der Waals surface area contributed by atoms with Crippen LogP contribution in [0.25, 0.3) is 22.8 Å². The third-order valence-electron chi connectivity index (χ3n) is 3.84. The van der Waals surface area contributed by atoms with Gasteiger partial charge in [0.15, 0.2) is 0 Å². The summed E-state index contributed by atoms with van der Waals surface area (Å²) in [7, 11) is 0. The molecule has 0 amide bonds. The molecule has 0 bridgehead atoms. The molecule has 1 aromatic carbocycles. The van der Waals surface area contributed by atoms with Crippen LogP contribution in [0, 0.1) is 13.8 Å². The van der Waals surface area contributed by atoms with Gasteiger partial charge in [-0.2, -0.15) is 4.98 Å². The maximum Gasteiger partial charge on any atom is 0.258 e. The van der Waals surface area contributed by atoms with Crippen LogP contribution in [-0.2, 0) is 6.42 Å². The largest absolute Gasteiger partial charge is 0.493 e. The van der Waals surface area contributed by atoms with Gasteiger partial charge in [-0.3, -0.25) is 0 Å². The number of hydrogen-bond acceptors (Lipinski definition) is 6. The Bertz CT molecular complexity index is 816. The molecule has 0 saturated carbocycles. The maximum absolute atomic E-state index is 5.62. The Balaban J connectivity index is 1.73. The minimum atomic E-state index is 0.489. The fraction of sp³-hybridized carbons (Fsp3) is 0.312. The quantitative estimate of drug-likeness (QED) is 0.722. The molecule has 0 atom stereocenters. The van der Waals surface area contributed by atoms with Crippen LogP contribution < -0.4 is 4.74 Å². The number of ether oxygens (including phenoxy) is 1. The topological polar surface area (TPSA) is 74.2 Å². The molecule has 3 aromatic rings. The molecule has 0 radical (unpaired) electrons. The second kappa shape index (κ2) is 4.98. The molecular weight excluding hydrogens is 282 g/mol. The van der Waals surface area contributed by atoms with Gasteiger partial charge >= 0.3 is 0 Å². The first-order valence-corrected chi connectivity index (χ1v) is 7.25. The van der Waals surface area contributed by atoms with Gasteiger partial charge in [-0.25, -0.2) is 0 Å². The molecular formula is C16H15N3O3. The van der Waals surface area contributed by atoms with Gasteiger partial charge in [0, 0.05) is 5.56 Å². The highest BCUT2D eigenvalue weighted by atomic mass is 16.5. The van der Waals surface area contributed by atoms with Gasteiger partial charge in [-0.15, -0.1) is 0 Å². The Morgan fingerprint density at radius 3 is 2.82 bits per heavy atom. The van der Waals surface area contributed by atoms with Crippen LogP contribution in [0.15, 0.2) is 27.2 Å². The Hall–Kier alpha value is -2.63. The van der Waals surface area contributed by atoms with E-state index in [1.807, 2.05) is 26.0 Å². The second-order valence-electron chi connectivity index (χ2n) is 5.40. The summed E-state index contributed by atoms with van der Waals surface area (Å²) in [5.74, 6) is 2.62. The van der Waals surface area contributed by atoms with E-state index in [0.29, 0.717) is 17.5 Å². The van der Waals surface area contributed by atoms with Crippen LogP contribution in [0.4, 0.5) is 0 Å². The minimum Gasteiger partial charge on any atom is -0.493 e. The minimum absolute atomic E-state index is 0.489. The highest BCUT2D eigenvalue weighted by molar-refractivity contribution is 5.64. The first-order valence-electron chi connectivity index (χ1n) is 7.25. The van der Waals surface area contributed by atoms with E-state index in [1.165, 1.54) is 5.56 Å². The molecule has 112 valence electrons. The summed E-state index contributed by atoms with van der Waals surface area (Å²) in [5.41, 5.74) is 3.62. The van der Waals surface area contributed by atoms with E-state index in [9.17, 15) is 0 Å². The van der Waals surface area contributed by atoms with Gasteiger partial charge < -0.3 is 13.8 Å². The highest BCUT2D eigenvalue weighted by Crippen LogP contribution is 2.31. The Kier molecular flexibility index (Phi) is 2.96. The molecule has 22 heavy (non-hydrogen) atoms. The lowest BCUT2D eigenvalue weighted by atomic mass is 10.0. The summed E-state index contributed by atoms with van der Waals surface area (Å²) >= 11 is 0. The van der Waals surface area contributed by atoms with Crippen molar-refractivity contribution in [1.29, 1.82) is 0 Å². The molecule has 2 aromatic heterocycles. The van der Waals surface area contributed by atoms with Crippen molar-refractivity contribution in [3.05, 3.63) is 35.2 Å². The second-order valence-corrected chi connectivity index (χ2v) is 5.40. The van der Waals surface area contributed by atoms with Crippen LogP contribution in [0.2, 0.25) is 0 Å². The van der Waals surface area contributed by atoms with E-state index in [0.717, 1.165) is 42.0 Å². The number of fused-ring (bicyclic) bond motifs is 1. The van der Waals surface area contributed by atoms with Crippen LogP contribution in [-0.4, -0.2) is 21.9 Å². The molecule has 0 saturated heterocycles. The lowest BCUT2D eigenvalue weighted by molar-refractivity contribution is 0.288. The summed E-state index contributed by atoms with van der Waals surface area (Å²) in [6.07, 6.45) is 2.04. The monoisotopic (exact) mass is 297 g/mol. The summed E-state index contributed by atoms with van der Waals surface area (Å²) in [5, 5.41) is 7.97. The standard InChI is InChI=1S/C16H15N3O3/c1-9-14(10(2)21-18-9)15-17-16(22-19-15)12-5-6-13-11(8-12)4-3-7-20-13/h5-6,8H,3-4,7H2,1-2H3. The Labute approximate surface area is 127 Å². The highest BCUT2D eigenvalue weighted by Gasteiger charge is 2.19. The van der Waals surface area contributed by atoms with E-state index < -0.39 is 0 Å². The number of benzene rings is 1. The number of aryl methyl sites for hydroxylation is 3. The van der Waals surface area contributed by atoms with E-state index in [4.69, 9.17) is 13.8 Å². The van der Waals surface area contributed by atoms with Crippen molar-refractivity contribution in [2.45, 2.75) is 26.7 Å². The lowest BCUT2D eigenvalue weighted by Gasteiger charge is -2.17. The van der Waals surface area contributed by atoms with Crippen molar-refractivity contribution in [2.24, 2.45) is 0 Å². The summed E-state index contributed by atoms with van der Waals surface area (Å²) < 4.78 is 16.2. The molecule has 0 spiro atoms. The first kappa shape index (κ1) is 13.1. The van der Waals surface area contributed by atoms with E-state index >= 15 is 0 Å². The molecule has 4 rings (SSSR count). The molecule has 0 aliphatic carbocycles. The van der Waals surface area contributed by atoms with Gasteiger partial charge in [0.2, 0.25) is 5.82 Å². The van der Waals surface area contributed by atoms with Crippen LogP contribution in [0.5, 0.6) is 5.75 Å². The van der Waals surface area contributed by atoms with Crippen molar-refractivity contribution in [2.75, 3.05) is 6.61 Å². The van der Waals surface area contributed by atoms with Gasteiger partial charge in [0.05, 0.1) is 17.9 Å². The number of hydrogen-bond donors (Lipinski definition) is 0. The Morgan fingerprint density at radius 2 is 2.00 bits per heavy atom. The van der Waals surface area contributed by atoms with Crippen LogP contribution in [0.3, 0.4) is 0 Å². The van der Waals surface area contributed by atoms with Crippen molar-refractivity contribution in [1.82, 2.24) is 15.3 Å². The number of aromatic nitrogens is 3. The molecule has 1 aliphatic heterocycles. The van der Waals surface area contributed by atoms with Crippen molar-refractivity contribution in [3.63, 3.8) is 0 Å². The van der Waals surface area contributed by atoms with Crippen LogP contribution >= 0.6 is 0 Å². The Morgan fingerprint density at radius 1 is 1.09 bits per heavy atom. The predicted octanol–water partition coefficient (Wildman–Crippen LogP) is 3.33. The molecule has 6 heteroatoms. The first-order chi connectivity index (χ1) is 10.7. The van der Waals surface area contributed by atoms with Gasteiger partial charge in [-0.05, 0) is 50.5 Å². The third kappa shape index (κ3) is 2.07. The zero-order valence-corrected chi connectivity index (χ0v) is 12.4. The van der Waals surface area contributed by atoms with E-state index in [-0.39, 0.29) is 0 Å². The molecule has 0 fully saturated rings. The SMILES string of the molecule is Cc1noc(C)c1-c1noc(-c2ccc3c(c2)CCCO3)n1. The smallest absolute Gasteiger partial charge is 0.258 e. The predicted molar refractivity (Wildman–Crippen MR) is 78.5 cm³/mol. The molecule has 3 heterocycles. The fourth-order valence-electron chi connectivity index (χ4n) is 2.74. The summed E-state index contributed by atoms with van der Waals surface area (Å²) in [4.78, 5) is 4.47. The van der Waals surface area contributed by atoms with E-state index in [1.54, 1.807) is 0 Å². The molecule has 0 unspecified atom stereocenters. The lowest BCUT2D eigenvalue weighted by Crippen LogP contribution is -2.08. The average molecular weight is 297 g/mol. The molecule has 0 N–H and O–H groups in total.